The first-order valence-corrected chi connectivity index (χ1v) is 5.41. The molecule has 0 bridgehead atoms. The highest BCUT2D eigenvalue weighted by Crippen LogP contribution is 2.25. The first-order chi connectivity index (χ1) is 8.13. The summed E-state index contributed by atoms with van der Waals surface area (Å²) < 4.78 is 1.72. The molecule has 0 saturated carbocycles. The van der Waals surface area contributed by atoms with Gasteiger partial charge in [0.15, 0.2) is 0 Å². The predicted octanol–water partition coefficient (Wildman–Crippen LogP) is 2.46. The van der Waals surface area contributed by atoms with Crippen molar-refractivity contribution in [2.75, 3.05) is 5.73 Å². The zero-order valence-corrected chi connectivity index (χ0v) is 9.55. The summed E-state index contributed by atoms with van der Waals surface area (Å²) in [5.74, 6) is -0.913. The SMILES string of the molecule is CCn1ccc(-c2ccc(N)cc2)c1C(=O)O. The molecule has 2 aromatic rings. The third-order valence-corrected chi connectivity index (χ3v) is 2.73. The van der Waals surface area contributed by atoms with E-state index in [0.717, 1.165) is 11.1 Å². The first-order valence-electron chi connectivity index (χ1n) is 5.41. The molecule has 4 heteroatoms. The van der Waals surface area contributed by atoms with Gasteiger partial charge in [0.1, 0.15) is 5.69 Å². The van der Waals surface area contributed by atoms with Gasteiger partial charge in [0.2, 0.25) is 0 Å². The zero-order valence-electron chi connectivity index (χ0n) is 9.55. The molecule has 0 aliphatic rings. The summed E-state index contributed by atoms with van der Waals surface area (Å²) in [6, 6.07) is 9.02. The Morgan fingerprint density at radius 1 is 1.29 bits per heavy atom. The van der Waals surface area contributed by atoms with Crippen LogP contribution >= 0.6 is 0 Å². The average Bonchev–Trinajstić information content (AvgIpc) is 2.73. The van der Waals surface area contributed by atoms with Crippen molar-refractivity contribution in [3.63, 3.8) is 0 Å². The molecule has 0 fully saturated rings. The van der Waals surface area contributed by atoms with E-state index in [2.05, 4.69) is 0 Å². The van der Waals surface area contributed by atoms with E-state index in [-0.39, 0.29) is 0 Å². The van der Waals surface area contributed by atoms with Gasteiger partial charge in [0, 0.05) is 24.0 Å². The van der Waals surface area contributed by atoms with Gasteiger partial charge < -0.3 is 15.4 Å². The highest BCUT2D eigenvalue weighted by atomic mass is 16.4. The molecule has 0 atom stereocenters. The summed E-state index contributed by atoms with van der Waals surface area (Å²) in [6.45, 7) is 2.55. The number of rotatable bonds is 3. The Balaban J connectivity index is 2.55. The van der Waals surface area contributed by atoms with Gasteiger partial charge in [-0.05, 0) is 30.7 Å². The van der Waals surface area contributed by atoms with E-state index in [1.165, 1.54) is 0 Å². The monoisotopic (exact) mass is 230 g/mol. The van der Waals surface area contributed by atoms with Crippen molar-refractivity contribution in [3.8, 4) is 11.1 Å². The number of carboxylic acids is 1. The molecule has 0 spiro atoms. The number of hydrogen-bond donors (Lipinski definition) is 2. The van der Waals surface area contributed by atoms with Gasteiger partial charge in [-0.15, -0.1) is 0 Å². The maximum Gasteiger partial charge on any atom is 0.353 e. The van der Waals surface area contributed by atoms with Crippen molar-refractivity contribution in [2.45, 2.75) is 13.5 Å². The molecular formula is C13H14N2O2. The van der Waals surface area contributed by atoms with Crippen LogP contribution in [-0.2, 0) is 6.54 Å². The Morgan fingerprint density at radius 2 is 1.94 bits per heavy atom. The van der Waals surface area contributed by atoms with Crippen molar-refractivity contribution in [1.82, 2.24) is 4.57 Å². The van der Waals surface area contributed by atoms with Gasteiger partial charge >= 0.3 is 5.97 Å². The topological polar surface area (TPSA) is 68.2 Å². The molecule has 1 aromatic heterocycles. The molecule has 0 unspecified atom stereocenters. The van der Waals surface area contributed by atoms with Crippen LogP contribution in [0.3, 0.4) is 0 Å². The number of benzene rings is 1. The minimum absolute atomic E-state index is 0.317. The predicted molar refractivity (Wildman–Crippen MR) is 66.9 cm³/mol. The van der Waals surface area contributed by atoms with E-state index >= 15 is 0 Å². The van der Waals surface area contributed by atoms with Gasteiger partial charge in [-0.1, -0.05) is 12.1 Å². The Kier molecular flexibility index (Phi) is 2.87. The second-order valence-electron chi connectivity index (χ2n) is 3.79. The summed E-state index contributed by atoms with van der Waals surface area (Å²) in [6.07, 6.45) is 1.79. The van der Waals surface area contributed by atoms with Crippen LogP contribution in [0.4, 0.5) is 5.69 Å². The van der Waals surface area contributed by atoms with Crippen molar-refractivity contribution in [2.24, 2.45) is 0 Å². The summed E-state index contributed by atoms with van der Waals surface area (Å²) in [7, 11) is 0. The molecule has 88 valence electrons. The standard InChI is InChI=1S/C13H14N2O2/c1-2-15-8-7-11(12(15)13(16)17)9-3-5-10(14)6-4-9/h3-8H,2,14H2,1H3,(H,16,17). The lowest BCUT2D eigenvalue weighted by molar-refractivity contribution is 0.0686. The largest absolute Gasteiger partial charge is 0.477 e. The van der Waals surface area contributed by atoms with Gasteiger partial charge in [-0.3, -0.25) is 0 Å². The summed E-state index contributed by atoms with van der Waals surface area (Å²) >= 11 is 0. The number of hydrogen-bond acceptors (Lipinski definition) is 2. The fourth-order valence-corrected chi connectivity index (χ4v) is 1.87. The lowest BCUT2D eigenvalue weighted by Crippen LogP contribution is -2.07. The van der Waals surface area contributed by atoms with E-state index in [0.29, 0.717) is 17.9 Å². The number of aromatic carboxylic acids is 1. The number of anilines is 1. The lowest BCUT2D eigenvalue weighted by Gasteiger charge is -2.05. The molecule has 1 aromatic carbocycles. The number of nitrogens with two attached hydrogens (primary N) is 1. The first kappa shape index (κ1) is 11.3. The van der Waals surface area contributed by atoms with Crippen molar-refractivity contribution in [3.05, 3.63) is 42.2 Å². The van der Waals surface area contributed by atoms with Gasteiger partial charge in [-0.25, -0.2) is 4.79 Å². The Labute approximate surface area is 99.3 Å². The maximum absolute atomic E-state index is 11.3. The second kappa shape index (κ2) is 4.33. The van der Waals surface area contributed by atoms with Gasteiger partial charge in [0.25, 0.3) is 0 Å². The fourth-order valence-electron chi connectivity index (χ4n) is 1.87. The quantitative estimate of drug-likeness (QED) is 0.796. The number of aromatic nitrogens is 1. The highest BCUT2D eigenvalue weighted by molar-refractivity contribution is 5.94. The number of nitrogens with zero attached hydrogens (tertiary/aromatic N) is 1. The summed E-state index contributed by atoms with van der Waals surface area (Å²) in [4.78, 5) is 11.3. The van der Waals surface area contributed by atoms with Gasteiger partial charge in [0.05, 0.1) is 0 Å². The minimum Gasteiger partial charge on any atom is -0.477 e. The van der Waals surface area contributed by atoms with Crippen LogP contribution in [0, 0.1) is 0 Å². The van der Waals surface area contributed by atoms with E-state index < -0.39 is 5.97 Å². The lowest BCUT2D eigenvalue weighted by atomic mass is 10.1. The number of aryl methyl sites for hydroxylation is 1. The fraction of sp³-hybridized carbons (Fsp3) is 0.154. The third kappa shape index (κ3) is 2.01. The molecule has 3 N–H and O–H groups in total. The molecule has 0 saturated heterocycles. The average molecular weight is 230 g/mol. The minimum atomic E-state index is -0.913. The summed E-state index contributed by atoms with van der Waals surface area (Å²) in [5, 5.41) is 9.24. The molecule has 0 aliphatic heterocycles. The molecule has 17 heavy (non-hydrogen) atoms. The normalized spacial score (nSPS) is 10.4. The highest BCUT2D eigenvalue weighted by Gasteiger charge is 2.16. The second-order valence-corrected chi connectivity index (χ2v) is 3.79. The van der Waals surface area contributed by atoms with E-state index in [1.54, 1.807) is 22.9 Å². The Morgan fingerprint density at radius 3 is 2.47 bits per heavy atom. The van der Waals surface area contributed by atoms with Crippen LogP contribution in [0.1, 0.15) is 17.4 Å². The number of carbonyl (C=O) groups is 1. The summed E-state index contributed by atoms with van der Waals surface area (Å²) in [5.41, 5.74) is 8.18. The molecule has 4 nitrogen and oxygen atoms in total. The molecule has 0 radical (unpaired) electrons. The van der Waals surface area contributed by atoms with Gasteiger partial charge in [-0.2, -0.15) is 0 Å². The van der Waals surface area contributed by atoms with Crippen LogP contribution in [0.2, 0.25) is 0 Å². The Hall–Kier alpha value is -2.23. The van der Waals surface area contributed by atoms with Crippen molar-refractivity contribution >= 4 is 11.7 Å². The van der Waals surface area contributed by atoms with E-state index in [4.69, 9.17) is 5.73 Å². The molecule has 0 amide bonds. The van der Waals surface area contributed by atoms with Crippen LogP contribution in [0.15, 0.2) is 36.5 Å². The smallest absolute Gasteiger partial charge is 0.353 e. The van der Waals surface area contributed by atoms with E-state index in [1.807, 2.05) is 25.1 Å². The van der Waals surface area contributed by atoms with Crippen molar-refractivity contribution in [1.29, 1.82) is 0 Å². The molecular weight excluding hydrogens is 216 g/mol. The number of carboxylic acid groups (broad SMARTS) is 1. The third-order valence-electron chi connectivity index (χ3n) is 2.73. The Bertz CT molecular complexity index is 541. The maximum atomic E-state index is 11.3. The van der Waals surface area contributed by atoms with Crippen LogP contribution in [-0.4, -0.2) is 15.6 Å². The zero-order chi connectivity index (χ0) is 12.4. The molecule has 0 aliphatic carbocycles. The van der Waals surface area contributed by atoms with Crippen LogP contribution < -0.4 is 5.73 Å². The molecule has 2 rings (SSSR count). The van der Waals surface area contributed by atoms with Crippen LogP contribution in [0.25, 0.3) is 11.1 Å². The number of nitrogen functional groups attached to an aromatic ring is 1. The van der Waals surface area contributed by atoms with Crippen LogP contribution in [0.5, 0.6) is 0 Å². The van der Waals surface area contributed by atoms with E-state index in [9.17, 15) is 9.90 Å². The van der Waals surface area contributed by atoms with Crippen molar-refractivity contribution < 1.29 is 9.90 Å². The molecule has 1 heterocycles.